The number of fused-ring (bicyclic) bond motifs is 2. The van der Waals surface area contributed by atoms with E-state index in [1.807, 2.05) is 24.3 Å². The van der Waals surface area contributed by atoms with Crippen LogP contribution in [-0.4, -0.2) is 69.2 Å². The van der Waals surface area contributed by atoms with Gasteiger partial charge in [0, 0.05) is 28.9 Å². The van der Waals surface area contributed by atoms with Crippen LogP contribution in [0.4, 0.5) is 4.79 Å². The van der Waals surface area contributed by atoms with Gasteiger partial charge < -0.3 is 14.6 Å². The lowest BCUT2D eigenvalue weighted by molar-refractivity contribution is -0.136. The minimum absolute atomic E-state index is 0.0657. The summed E-state index contributed by atoms with van der Waals surface area (Å²) in [7, 11) is 0.161. The molecule has 30 heavy (non-hydrogen) atoms. The molecule has 2 heterocycles. The molecule has 2 bridgehead atoms. The summed E-state index contributed by atoms with van der Waals surface area (Å²) in [6, 6.07) is 6.69. The van der Waals surface area contributed by atoms with Crippen molar-refractivity contribution in [2.24, 2.45) is 0 Å². The van der Waals surface area contributed by atoms with E-state index < -0.39 is 34.5 Å². The summed E-state index contributed by atoms with van der Waals surface area (Å²) in [4.78, 5) is 27.3. The molecule has 2 aliphatic rings. The standard InChI is InChI=1S/C22H29NO6S/c1-22(2,3)29-21(26)23-16-11-17(15-7-5-14(6-8-15)9-10-24)19(20(25)28-4)18(23)13-30(27)12-16/h5-8,16,18,24H,9-13H2,1-4H3. The maximum atomic E-state index is 13.0. The van der Waals surface area contributed by atoms with E-state index in [4.69, 9.17) is 14.6 Å². The first-order valence-corrected chi connectivity index (χ1v) is 11.5. The summed E-state index contributed by atoms with van der Waals surface area (Å²) in [5.41, 5.74) is 2.35. The van der Waals surface area contributed by atoms with Crippen LogP contribution >= 0.6 is 0 Å². The highest BCUT2D eigenvalue weighted by atomic mass is 32.2. The zero-order valence-corrected chi connectivity index (χ0v) is 18.7. The van der Waals surface area contributed by atoms with Crippen LogP contribution in [0, 0.1) is 0 Å². The molecule has 1 N–H and O–H groups in total. The molecule has 3 unspecified atom stereocenters. The first-order valence-electron chi connectivity index (χ1n) is 10.0. The lowest BCUT2D eigenvalue weighted by atomic mass is 9.85. The van der Waals surface area contributed by atoms with Crippen molar-refractivity contribution in [1.82, 2.24) is 4.90 Å². The second-order valence-corrected chi connectivity index (χ2v) is 10.1. The van der Waals surface area contributed by atoms with Crippen LogP contribution in [0.25, 0.3) is 5.57 Å². The molecule has 0 radical (unpaired) electrons. The third-order valence-corrected chi connectivity index (χ3v) is 6.71. The molecule has 3 rings (SSSR count). The van der Waals surface area contributed by atoms with Crippen molar-refractivity contribution in [2.45, 2.75) is 51.3 Å². The third-order valence-electron chi connectivity index (χ3n) is 5.26. The van der Waals surface area contributed by atoms with E-state index in [-0.39, 0.29) is 18.4 Å². The maximum absolute atomic E-state index is 13.0. The summed E-state index contributed by atoms with van der Waals surface area (Å²) in [5.74, 6) is -0.0110. The number of hydrogen-bond donors (Lipinski definition) is 1. The summed E-state index contributed by atoms with van der Waals surface area (Å²) < 4.78 is 23.1. The third kappa shape index (κ3) is 4.75. The molecule has 0 aliphatic carbocycles. The average molecular weight is 436 g/mol. The molecule has 1 saturated heterocycles. The fourth-order valence-electron chi connectivity index (χ4n) is 4.04. The zero-order valence-electron chi connectivity index (χ0n) is 17.8. The number of rotatable bonds is 4. The minimum atomic E-state index is -1.15. The Labute approximate surface area is 179 Å². The van der Waals surface area contributed by atoms with E-state index in [0.29, 0.717) is 24.2 Å². The van der Waals surface area contributed by atoms with Gasteiger partial charge in [0.15, 0.2) is 0 Å². The number of carbonyl (C=O) groups is 2. The Kier molecular flexibility index (Phi) is 6.67. The van der Waals surface area contributed by atoms with E-state index in [1.54, 1.807) is 25.7 Å². The fraction of sp³-hybridized carbons (Fsp3) is 0.545. The number of hydrogen-bond acceptors (Lipinski definition) is 6. The van der Waals surface area contributed by atoms with Gasteiger partial charge in [-0.3, -0.25) is 9.11 Å². The first-order chi connectivity index (χ1) is 14.1. The van der Waals surface area contributed by atoms with Crippen LogP contribution in [-0.2, 0) is 31.5 Å². The van der Waals surface area contributed by atoms with E-state index in [0.717, 1.165) is 16.7 Å². The average Bonchev–Trinajstić information content (AvgIpc) is 2.66. The molecule has 0 spiro atoms. The van der Waals surface area contributed by atoms with Gasteiger partial charge in [-0.15, -0.1) is 0 Å². The van der Waals surface area contributed by atoms with Gasteiger partial charge in [0.1, 0.15) is 5.60 Å². The number of aliphatic hydroxyl groups excluding tert-OH is 1. The lowest BCUT2D eigenvalue weighted by Gasteiger charge is -2.46. The predicted octanol–water partition coefficient (Wildman–Crippen LogP) is 2.29. The predicted molar refractivity (Wildman–Crippen MR) is 114 cm³/mol. The monoisotopic (exact) mass is 435 g/mol. The van der Waals surface area contributed by atoms with Crippen molar-refractivity contribution in [1.29, 1.82) is 0 Å². The molecule has 164 valence electrons. The van der Waals surface area contributed by atoms with Crippen LogP contribution in [0.2, 0.25) is 0 Å². The van der Waals surface area contributed by atoms with Crippen molar-refractivity contribution >= 4 is 28.4 Å². The molecule has 1 fully saturated rings. The number of carbonyl (C=O) groups excluding carboxylic acids is 2. The molecule has 8 heteroatoms. The van der Waals surface area contributed by atoms with Gasteiger partial charge in [0.25, 0.3) is 0 Å². The minimum Gasteiger partial charge on any atom is -0.466 e. The quantitative estimate of drug-likeness (QED) is 0.730. The normalized spacial score (nSPS) is 23.9. The first kappa shape index (κ1) is 22.5. The van der Waals surface area contributed by atoms with Crippen molar-refractivity contribution < 1.29 is 28.4 Å². The molecule has 2 aliphatic heterocycles. The van der Waals surface area contributed by atoms with Crippen molar-refractivity contribution in [3.05, 3.63) is 41.0 Å². The topological polar surface area (TPSA) is 93.1 Å². The van der Waals surface area contributed by atoms with Crippen LogP contribution in [0.1, 0.15) is 38.3 Å². The largest absolute Gasteiger partial charge is 0.466 e. The highest BCUT2D eigenvalue weighted by Gasteiger charge is 2.48. The highest BCUT2D eigenvalue weighted by Crippen LogP contribution is 2.39. The smallest absolute Gasteiger partial charge is 0.411 e. The van der Waals surface area contributed by atoms with Gasteiger partial charge >= 0.3 is 12.1 Å². The molecule has 3 atom stereocenters. The van der Waals surface area contributed by atoms with E-state index in [1.165, 1.54) is 7.11 Å². The molecule has 0 aromatic heterocycles. The summed E-state index contributed by atoms with van der Waals surface area (Å²) in [5, 5.41) is 9.13. The number of nitrogens with zero attached hydrogens (tertiary/aromatic N) is 1. The Morgan fingerprint density at radius 3 is 2.43 bits per heavy atom. The number of ether oxygens (including phenoxy) is 2. The second kappa shape index (κ2) is 8.89. The molecule has 1 amide bonds. The van der Waals surface area contributed by atoms with Crippen LogP contribution in [0.3, 0.4) is 0 Å². The maximum Gasteiger partial charge on any atom is 0.411 e. The summed E-state index contributed by atoms with van der Waals surface area (Å²) in [6.45, 7) is 5.44. The van der Waals surface area contributed by atoms with Crippen molar-refractivity contribution in [3.8, 4) is 0 Å². The Bertz CT molecular complexity index is 871. The Balaban J connectivity index is 2.06. The van der Waals surface area contributed by atoms with Gasteiger partial charge in [0.05, 0.1) is 24.8 Å². The molecule has 1 aromatic rings. The van der Waals surface area contributed by atoms with Gasteiger partial charge in [-0.2, -0.15) is 0 Å². The fourth-order valence-corrected chi connectivity index (χ4v) is 5.56. The van der Waals surface area contributed by atoms with Gasteiger partial charge in [0.2, 0.25) is 0 Å². The lowest BCUT2D eigenvalue weighted by Crippen LogP contribution is -2.60. The Morgan fingerprint density at radius 2 is 1.87 bits per heavy atom. The molecule has 1 aromatic carbocycles. The highest BCUT2D eigenvalue weighted by molar-refractivity contribution is 7.85. The van der Waals surface area contributed by atoms with Gasteiger partial charge in [-0.1, -0.05) is 24.3 Å². The second-order valence-electron chi connectivity index (χ2n) is 8.59. The van der Waals surface area contributed by atoms with Gasteiger partial charge in [-0.05, 0) is 50.3 Å². The van der Waals surface area contributed by atoms with Crippen molar-refractivity contribution in [2.75, 3.05) is 25.2 Å². The zero-order chi connectivity index (χ0) is 22.1. The summed E-state index contributed by atoms with van der Waals surface area (Å²) in [6.07, 6.45) is 0.443. The Morgan fingerprint density at radius 1 is 1.20 bits per heavy atom. The van der Waals surface area contributed by atoms with Crippen LogP contribution < -0.4 is 0 Å². The number of methoxy groups -OCH3 is 1. The summed E-state index contributed by atoms with van der Waals surface area (Å²) >= 11 is 0. The molecular weight excluding hydrogens is 406 g/mol. The van der Waals surface area contributed by atoms with Crippen molar-refractivity contribution in [3.63, 3.8) is 0 Å². The SMILES string of the molecule is COC(=O)C1=C(c2ccc(CCO)cc2)CC2CS(=O)CC1N2C(=O)OC(C)(C)C. The number of esters is 1. The number of benzene rings is 1. The van der Waals surface area contributed by atoms with Crippen LogP contribution in [0.5, 0.6) is 0 Å². The number of amides is 1. The van der Waals surface area contributed by atoms with E-state index in [9.17, 15) is 13.8 Å². The Hall–Kier alpha value is -2.19. The molecule has 0 saturated carbocycles. The van der Waals surface area contributed by atoms with Crippen LogP contribution in [0.15, 0.2) is 29.8 Å². The molecular formula is C22H29NO6S. The van der Waals surface area contributed by atoms with E-state index in [2.05, 4.69) is 0 Å². The van der Waals surface area contributed by atoms with E-state index >= 15 is 0 Å². The number of aliphatic hydroxyl groups is 1. The molecule has 7 nitrogen and oxygen atoms in total. The van der Waals surface area contributed by atoms with Gasteiger partial charge in [-0.25, -0.2) is 9.59 Å².